The molecule has 1 spiro atoms. The number of likely N-dealkylation sites (tertiary alicyclic amines) is 1. The molecule has 3 rings (SSSR count). The van der Waals surface area contributed by atoms with Crippen LogP contribution in [0.5, 0.6) is 5.75 Å². The highest BCUT2D eigenvalue weighted by molar-refractivity contribution is 6.30. The lowest BCUT2D eigenvalue weighted by Gasteiger charge is -2.47. The first kappa shape index (κ1) is 14.9. The summed E-state index contributed by atoms with van der Waals surface area (Å²) in [5.74, 6) is 0.833. The van der Waals surface area contributed by atoms with Crippen molar-refractivity contribution in [1.82, 2.24) is 4.90 Å². The number of hydrogen-bond donors (Lipinski definition) is 0. The number of halogens is 1. The van der Waals surface area contributed by atoms with Crippen molar-refractivity contribution in [3.8, 4) is 5.75 Å². The molecular formula is C17H22ClNO2. The molecule has 1 saturated heterocycles. The molecule has 114 valence electrons. The number of ketones is 1. The maximum Gasteiger partial charge on any atom is 0.170 e. The Morgan fingerprint density at radius 3 is 2.52 bits per heavy atom. The van der Waals surface area contributed by atoms with Crippen molar-refractivity contribution in [3.63, 3.8) is 0 Å². The van der Waals surface area contributed by atoms with Gasteiger partial charge in [0.05, 0.1) is 12.0 Å². The fraction of sp³-hybridized carbons (Fsp3) is 0.588. The number of carbonyl (C=O) groups excluding carboxylic acids is 1. The molecule has 2 heterocycles. The zero-order valence-corrected chi connectivity index (χ0v) is 13.7. The van der Waals surface area contributed by atoms with E-state index in [2.05, 4.69) is 25.7 Å². The summed E-state index contributed by atoms with van der Waals surface area (Å²) in [5, 5.41) is 0.616. The van der Waals surface area contributed by atoms with Crippen LogP contribution in [-0.2, 0) is 0 Å². The van der Waals surface area contributed by atoms with E-state index in [1.54, 1.807) is 18.2 Å². The number of ether oxygens (including phenoxy) is 1. The number of nitrogens with zero attached hydrogens (tertiary/aromatic N) is 1. The molecule has 0 radical (unpaired) electrons. The zero-order chi connectivity index (χ0) is 15.3. The van der Waals surface area contributed by atoms with E-state index in [1.807, 2.05) is 0 Å². The number of benzene rings is 1. The number of carbonyl (C=O) groups is 1. The Kier molecular flexibility index (Phi) is 3.53. The predicted molar refractivity (Wildman–Crippen MR) is 84.3 cm³/mol. The summed E-state index contributed by atoms with van der Waals surface area (Å²) in [4.78, 5) is 14.9. The molecule has 0 aliphatic carbocycles. The molecule has 1 fully saturated rings. The van der Waals surface area contributed by atoms with E-state index in [4.69, 9.17) is 16.3 Å². The number of fused-ring (bicyclic) bond motifs is 1. The van der Waals surface area contributed by atoms with Gasteiger partial charge in [0.1, 0.15) is 11.4 Å². The minimum Gasteiger partial charge on any atom is -0.486 e. The fourth-order valence-electron chi connectivity index (χ4n) is 3.33. The molecule has 0 atom stereocenters. The van der Waals surface area contributed by atoms with Crippen molar-refractivity contribution < 1.29 is 9.53 Å². The van der Waals surface area contributed by atoms with Crippen LogP contribution in [0.3, 0.4) is 0 Å². The Morgan fingerprint density at radius 2 is 1.90 bits per heavy atom. The van der Waals surface area contributed by atoms with Crippen molar-refractivity contribution >= 4 is 17.4 Å². The molecule has 0 N–H and O–H groups in total. The van der Waals surface area contributed by atoms with Gasteiger partial charge in [0.25, 0.3) is 0 Å². The van der Waals surface area contributed by atoms with Crippen LogP contribution in [0.1, 0.15) is 50.4 Å². The van der Waals surface area contributed by atoms with Crippen LogP contribution in [-0.4, -0.2) is 34.9 Å². The third-order valence-electron chi connectivity index (χ3n) is 4.68. The molecule has 21 heavy (non-hydrogen) atoms. The predicted octanol–water partition coefficient (Wildman–Crippen LogP) is 3.94. The van der Waals surface area contributed by atoms with Crippen LogP contribution < -0.4 is 4.74 Å². The third-order valence-corrected chi connectivity index (χ3v) is 4.91. The van der Waals surface area contributed by atoms with Gasteiger partial charge in [-0.15, -0.1) is 0 Å². The van der Waals surface area contributed by atoms with E-state index in [0.29, 0.717) is 22.8 Å². The van der Waals surface area contributed by atoms with Gasteiger partial charge in [0.2, 0.25) is 0 Å². The standard InChI is InChI=1S/C17H22ClNO2/c1-16(2,3)19-8-6-17(7-9-19)11-14(20)13-5-4-12(18)10-15(13)21-17/h4-5,10H,6-9,11H2,1-3H3. The van der Waals surface area contributed by atoms with E-state index in [1.165, 1.54) is 0 Å². The fourth-order valence-corrected chi connectivity index (χ4v) is 3.49. The van der Waals surface area contributed by atoms with Crippen molar-refractivity contribution in [3.05, 3.63) is 28.8 Å². The maximum atomic E-state index is 12.4. The molecule has 4 heteroatoms. The summed E-state index contributed by atoms with van der Waals surface area (Å²) >= 11 is 6.04. The Balaban J connectivity index is 1.82. The first-order chi connectivity index (χ1) is 9.79. The second kappa shape index (κ2) is 4.99. The Morgan fingerprint density at radius 1 is 1.24 bits per heavy atom. The van der Waals surface area contributed by atoms with Crippen LogP contribution >= 0.6 is 11.6 Å². The molecule has 2 aliphatic heterocycles. The second-order valence-corrected chi connectivity index (χ2v) is 7.62. The van der Waals surface area contributed by atoms with E-state index >= 15 is 0 Å². The monoisotopic (exact) mass is 307 g/mol. The molecule has 0 aromatic heterocycles. The van der Waals surface area contributed by atoms with Crippen LogP contribution in [0.2, 0.25) is 5.02 Å². The summed E-state index contributed by atoms with van der Waals surface area (Å²) in [6.45, 7) is 8.62. The minimum absolute atomic E-state index is 0.168. The average molecular weight is 308 g/mol. The van der Waals surface area contributed by atoms with Crippen molar-refractivity contribution in [2.45, 2.75) is 51.2 Å². The van der Waals surface area contributed by atoms with E-state index in [0.717, 1.165) is 25.9 Å². The summed E-state index contributed by atoms with van der Waals surface area (Å²) in [6.07, 6.45) is 2.27. The topological polar surface area (TPSA) is 29.5 Å². The van der Waals surface area contributed by atoms with Gasteiger partial charge in [0, 0.05) is 36.5 Å². The number of rotatable bonds is 0. The highest BCUT2D eigenvalue weighted by Crippen LogP contribution is 2.41. The lowest BCUT2D eigenvalue weighted by molar-refractivity contribution is -0.0295. The molecular weight excluding hydrogens is 286 g/mol. The van der Waals surface area contributed by atoms with Gasteiger partial charge in [0.15, 0.2) is 5.78 Å². The van der Waals surface area contributed by atoms with Crippen molar-refractivity contribution in [2.75, 3.05) is 13.1 Å². The van der Waals surface area contributed by atoms with E-state index in [-0.39, 0.29) is 16.9 Å². The molecule has 0 saturated carbocycles. The first-order valence-electron chi connectivity index (χ1n) is 7.56. The van der Waals surface area contributed by atoms with Gasteiger partial charge in [-0.05, 0) is 39.0 Å². The maximum absolute atomic E-state index is 12.4. The molecule has 0 unspecified atom stereocenters. The molecule has 0 amide bonds. The van der Waals surface area contributed by atoms with Crippen molar-refractivity contribution in [2.24, 2.45) is 0 Å². The van der Waals surface area contributed by atoms with E-state index in [9.17, 15) is 4.79 Å². The smallest absolute Gasteiger partial charge is 0.170 e. The van der Waals surface area contributed by atoms with Crippen LogP contribution in [0.15, 0.2) is 18.2 Å². The summed E-state index contributed by atoms with van der Waals surface area (Å²) in [6, 6.07) is 5.30. The summed E-state index contributed by atoms with van der Waals surface area (Å²) < 4.78 is 6.24. The Labute approximate surface area is 131 Å². The van der Waals surface area contributed by atoms with Crippen LogP contribution in [0.4, 0.5) is 0 Å². The SMILES string of the molecule is CC(C)(C)N1CCC2(CC1)CC(=O)c1ccc(Cl)cc1O2. The molecule has 1 aromatic rings. The largest absolute Gasteiger partial charge is 0.486 e. The summed E-state index contributed by atoms with van der Waals surface area (Å²) in [7, 11) is 0. The Bertz CT molecular complexity index is 569. The molecule has 1 aromatic carbocycles. The van der Waals surface area contributed by atoms with Gasteiger partial charge in [-0.1, -0.05) is 11.6 Å². The third kappa shape index (κ3) is 2.82. The van der Waals surface area contributed by atoms with Gasteiger partial charge in [-0.2, -0.15) is 0 Å². The summed E-state index contributed by atoms with van der Waals surface area (Å²) in [5.41, 5.74) is 0.501. The lowest BCUT2D eigenvalue weighted by atomic mass is 9.81. The average Bonchev–Trinajstić information content (AvgIpc) is 2.37. The first-order valence-corrected chi connectivity index (χ1v) is 7.94. The highest BCUT2D eigenvalue weighted by Gasteiger charge is 2.44. The molecule has 2 aliphatic rings. The van der Waals surface area contributed by atoms with Crippen LogP contribution in [0, 0.1) is 0 Å². The highest BCUT2D eigenvalue weighted by atomic mass is 35.5. The Hall–Kier alpha value is -1.06. The zero-order valence-electron chi connectivity index (χ0n) is 12.9. The number of piperidine rings is 1. The van der Waals surface area contributed by atoms with Crippen molar-refractivity contribution in [1.29, 1.82) is 0 Å². The molecule has 3 nitrogen and oxygen atoms in total. The van der Waals surface area contributed by atoms with E-state index < -0.39 is 0 Å². The van der Waals surface area contributed by atoms with Gasteiger partial charge < -0.3 is 4.74 Å². The quantitative estimate of drug-likeness (QED) is 0.727. The minimum atomic E-state index is -0.337. The number of hydrogen-bond acceptors (Lipinski definition) is 3. The number of Topliss-reactive ketones (excluding diaryl/α,β-unsaturated/α-hetero) is 1. The normalized spacial score (nSPS) is 22.0. The van der Waals surface area contributed by atoms with Gasteiger partial charge in [-0.25, -0.2) is 0 Å². The molecule has 0 bridgehead atoms. The van der Waals surface area contributed by atoms with Gasteiger partial charge in [-0.3, -0.25) is 9.69 Å². The lowest BCUT2D eigenvalue weighted by Crippen LogP contribution is -2.55. The van der Waals surface area contributed by atoms with Gasteiger partial charge >= 0.3 is 0 Å². The second-order valence-electron chi connectivity index (χ2n) is 7.18. The van der Waals surface area contributed by atoms with Crippen LogP contribution in [0.25, 0.3) is 0 Å².